The molecule has 0 bridgehead atoms. The number of hydrogen-bond acceptors (Lipinski definition) is 8. The first-order chi connectivity index (χ1) is 16.9. The molecule has 0 radical (unpaired) electrons. The van der Waals surface area contributed by atoms with Gasteiger partial charge in [-0.2, -0.15) is 4.31 Å². The van der Waals surface area contributed by atoms with Gasteiger partial charge in [0.2, 0.25) is 15.9 Å². The molecule has 1 fully saturated rings. The molecule has 2 aromatic carbocycles. The summed E-state index contributed by atoms with van der Waals surface area (Å²) < 4.78 is 43.1. The molecule has 5 rings (SSSR count). The Morgan fingerprint density at radius 2 is 1.94 bits per heavy atom. The minimum Gasteiger partial charge on any atom is -0.497 e. The van der Waals surface area contributed by atoms with Gasteiger partial charge in [0.15, 0.2) is 5.13 Å². The van der Waals surface area contributed by atoms with Gasteiger partial charge in [-0.3, -0.25) is 4.79 Å². The van der Waals surface area contributed by atoms with E-state index < -0.39 is 10.0 Å². The largest absolute Gasteiger partial charge is 0.497 e. The standard InChI is InChI=1S/C24H23N3O6S2/c1-31-18-4-7-22-20(13-18)17(14-33-22)12-23(28)26-24-25-21(15-34-24)16-2-5-19(6-3-16)35(29,30)27-8-10-32-11-9-27/h2-7,13-15H,8-12H2,1H3,(H,25,26,28). The van der Waals surface area contributed by atoms with Crippen molar-refractivity contribution >= 4 is 43.4 Å². The Labute approximate surface area is 206 Å². The highest BCUT2D eigenvalue weighted by Crippen LogP contribution is 2.29. The number of carbonyl (C=O) groups excluding carboxylic acids is 1. The molecule has 0 aliphatic carbocycles. The molecule has 9 nitrogen and oxygen atoms in total. The molecule has 1 saturated heterocycles. The monoisotopic (exact) mass is 513 g/mol. The zero-order valence-corrected chi connectivity index (χ0v) is 20.5. The molecule has 0 unspecified atom stereocenters. The van der Waals surface area contributed by atoms with E-state index in [9.17, 15) is 13.2 Å². The molecule has 1 amide bonds. The molecule has 0 atom stereocenters. The maximum absolute atomic E-state index is 12.8. The second-order valence-electron chi connectivity index (χ2n) is 7.93. The normalized spacial score (nSPS) is 14.8. The Morgan fingerprint density at radius 3 is 2.69 bits per heavy atom. The summed E-state index contributed by atoms with van der Waals surface area (Å²) in [7, 11) is -1.97. The summed E-state index contributed by atoms with van der Waals surface area (Å²) >= 11 is 1.30. The van der Waals surface area contributed by atoms with Crippen LogP contribution in [0.1, 0.15) is 5.56 Å². The Kier molecular flexibility index (Phi) is 6.56. The maximum Gasteiger partial charge on any atom is 0.243 e. The highest BCUT2D eigenvalue weighted by molar-refractivity contribution is 7.89. The number of anilines is 1. The number of hydrogen-bond donors (Lipinski definition) is 1. The van der Waals surface area contributed by atoms with Crippen molar-refractivity contribution in [2.45, 2.75) is 11.3 Å². The third-order valence-corrected chi connectivity index (χ3v) is 8.39. The van der Waals surface area contributed by atoms with Gasteiger partial charge in [0.25, 0.3) is 0 Å². The number of furan rings is 1. The van der Waals surface area contributed by atoms with Gasteiger partial charge in [-0.15, -0.1) is 11.3 Å². The van der Waals surface area contributed by atoms with Crippen LogP contribution in [-0.4, -0.2) is 57.0 Å². The van der Waals surface area contributed by atoms with Crippen LogP contribution in [0.25, 0.3) is 22.2 Å². The number of nitrogens with one attached hydrogen (secondary N) is 1. The molecule has 182 valence electrons. The van der Waals surface area contributed by atoms with Gasteiger partial charge in [0.1, 0.15) is 11.3 Å². The van der Waals surface area contributed by atoms with Gasteiger partial charge < -0.3 is 19.2 Å². The van der Waals surface area contributed by atoms with E-state index >= 15 is 0 Å². The Balaban J connectivity index is 1.26. The number of fused-ring (bicyclic) bond motifs is 1. The Hall–Kier alpha value is -3.25. The molecule has 2 aromatic heterocycles. The zero-order chi connectivity index (χ0) is 24.4. The Bertz CT molecular complexity index is 1450. The van der Waals surface area contributed by atoms with Crippen LogP contribution in [0, 0.1) is 0 Å². The van der Waals surface area contributed by atoms with E-state index in [1.807, 2.05) is 11.4 Å². The van der Waals surface area contributed by atoms with Crippen molar-refractivity contribution < 1.29 is 27.1 Å². The summed E-state index contributed by atoms with van der Waals surface area (Å²) in [5.74, 6) is 0.470. The molecule has 1 aliphatic heterocycles. The SMILES string of the molecule is COc1ccc2occ(CC(=O)Nc3nc(-c4ccc(S(=O)(=O)N5CCOCC5)cc4)cs3)c2c1. The van der Waals surface area contributed by atoms with Crippen LogP contribution in [0.2, 0.25) is 0 Å². The van der Waals surface area contributed by atoms with Crippen molar-refractivity contribution in [3.05, 3.63) is 59.7 Å². The van der Waals surface area contributed by atoms with E-state index in [0.717, 1.165) is 16.5 Å². The van der Waals surface area contributed by atoms with Crippen molar-refractivity contribution in [3.63, 3.8) is 0 Å². The molecule has 35 heavy (non-hydrogen) atoms. The van der Waals surface area contributed by atoms with Crippen molar-refractivity contribution in [2.75, 3.05) is 38.7 Å². The third-order valence-electron chi connectivity index (χ3n) is 5.72. The molecule has 4 aromatic rings. The van der Waals surface area contributed by atoms with Crippen molar-refractivity contribution in [1.29, 1.82) is 0 Å². The lowest BCUT2D eigenvalue weighted by molar-refractivity contribution is -0.115. The van der Waals surface area contributed by atoms with Crippen LogP contribution in [0.5, 0.6) is 5.75 Å². The quantitative estimate of drug-likeness (QED) is 0.400. The lowest BCUT2D eigenvalue weighted by Crippen LogP contribution is -2.40. The number of rotatable bonds is 7. The fraction of sp³-hybridized carbons (Fsp3) is 0.250. The summed E-state index contributed by atoms with van der Waals surface area (Å²) in [5.41, 5.74) is 2.85. The maximum atomic E-state index is 12.8. The van der Waals surface area contributed by atoms with E-state index in [0.29, 0.717) is 48.5 Å². The van der Waals surface area contributed by atoms with Gasteiger partial charge >= 0.3 is 0 Å². The number of benzene rings is 2. The van der Waals surface area contributed by atoms with Gasteiger partial charge in [-0.05, 0) is 30.3 Å². The second kappa shape index (κ2) is 9.78. The van der Waals surface area contributed by atoms with Crippen LogP contribution in [0.15, 0.2) is 63.4 Å². The van der Waals surface area contributed by atoms with Crippen molar-refractivity contribution in [2.24, 2.45) is 0 Å². The predicted octanol–water partition coefficient (Wildman–Crippen LogP) is 3.77. The lowest BCUT2D eigenvalue weighted by atomic mass is 10.1. The van der Waals surface area contributed by atoms with Gasteiger partial charge in [-0.25, -0.2) is 13.4 Å². The molecule has 1 aliphatic rings. The summed E-state index contributed by atoms with van der Waals surface area (Å²) in [6, 6.07) is 12.0. The van der Waals surface area contributed by atoms with E-state index in [1.54, 1.807) is 49.8 Å². The van der Waals surface area contributed by atoms with Crippen LogP contribution >= 0.6 is 11.3 Å². The molecule has 3 heterocycles. The zero-order valence-electron chi connectivity index (χ0n) is 18.9. The van der Waals surface area contributed by atoms with Crippen LogP contribution in [0.3, 0.4) is 0 Å². The lowest BCUT2D eigenvalue weighted by Gasteiger charge is -2.26. The van der Waals surface area contributed by atoms with E-state index in [4.69, 9.17) is 13.9 Å². The minimum absolute atomic E-state index is 0.128. The number of carbonyl (C=O) groups is 1. The number of amides is 1. The number of sulfonamides is 1. The minimum atomic E-state index is -3.55. The highest BCUT2D eigenvalue weighted by Gasteiger charge is 2.26. The number of nitrogens with zero attached hydrogens (tertiary/aromatic N) is 2. The average molecular weight is 514 g/mol. The number of aromatic nitrogens is 1. The fourth-order valence-corrected chi connectivity index (χ4v) is 6.00. The number of ether oxygens (including phenoxy) is 2. The molecule has 1 N–H and O–H groups in total. The van der Waals surface area contributed by atoms with Gasteiger partial charge in [-0.1, -0.05) is 12.1 Å². The first-order valence-corrected chi connectivity index (χ1v) is 13.2. The summed E-state index contributed by atoms with van der Waals surface area (Å²) in [6.45, 7) is 1.49. The average Bonchev–Trinajstić information content (AvgIpc) is 3.51. The fourth-order valence-electron chi connectivity index (χ4n) is 3.86. The summed E-state index contributed by atoms with van der Waals surface area (Å²) in [4.78, 5) is 17.4. The highest BCUT2D eigenvalue weighted by atomic mass is 32.2. The number of morpholine rings is 1. The molecular formula is C24H23N3O6S2. The van der Waals surface area contributed by atoms with Crippen LogP contribution in [-0.2, 0) is 26.0 Å². The predicted molar refractivity (Wildman–Crippen MR) is 132 cm³/mol. The van der Waals surface area contributed by atoms with Gasteiger partial charge in [0.05, 0.1) is 43.6 Å². The van der Waals surface area contributed by atoms with E-state index in [1.165, 1.54) is 15.6 Å². The smallest absolute Gasteiger partial charge is 0.243 e. The molecule has 0 spiro atoms. The second-order valence-corrected chi connectivity index (χ2v) is 10.7. The summed E-state index contributed by atoms with van der Waals surface area (Å²) in [5, 5.41) is 5.93. The molecule has 0 saturated carbocycles. The van der Waals surface area contributed by atoms with Crippen LogP contribution < -0.4 is 10.1 Å². The topological polar surface area (TPSA) is 111 Å². The number of thiazole rings is 1. The van der Waals surface area contributed by atoms with Gasteiger partial charge in [0, 0.05) is 35.0 Å². The van der Waals surface area contributed by atoms with Crippen molar-refractivity contribution in [3.8, 4) is 17.0 Å². The van der Waals surface area contributed by atoms with E-state index in [2.05, 4.69) is 10.3 Å². The first-order valence-electron chi connectivity index (χ1n) is 10.9. The molecule has 11 heteroatoms. The summed E-state index contributed by atoms with van der Waals surface area (Å²) in [6.07, 6.45) is 1.70. The first kappa shape index (κ1) is 23.5. The van der Waals surface area contributed by atoms with E-state index in [-0.39, 0.29) is 17.2 Å². The van der Waals surface area contributed by atoms with Crippen LogP contribution in [0.4, 0.5) is 5.13 Å². The third kappa shape index (κ3) is 4.94. The Morgan fingerprint density at radius 1 is 1.17 bits per heavy atom. The van der Waals surface area contributed by atoms with Crippen molar-refractivity contribution in [1.82, 2.24) is 9.29 Å². The molecular weight excluding hydrogens is 490 g/mol. The number of methoxy groups -OCH3 is 1.